The average molecular weight is 429 g/mol. The highest BCUT2D eigenvalue weighted by atomic mass is 35.5. The van der Waals surface area contributed by atoms with Crippen LogP contribution in [0.25, 0.3) is 10.9 Å². The Morgan fingerprint density at radius 3 is 2.97 bits per heavy atom. The van der Waals surface area contributed by atoms with Crippen molar-refractivity contribution in [2.75, 3.05) is 25.1 Å². The van der Waals surface area contributed by atoms with Crippen molar-refractivity contribution in [3.8, 4) is 11.5 Å². The Kier molecular flexibility index (Phi) is 5.87. The molecule has 4 rings (SSSR count). The number of carbonyl (C=O) groups excluding carboxylic acids is 1. The lowest BCUT2D eigenvalue weighted by Gasteiger charge is -2.24. The quantitative estimate of drug-likeness (QED) is 0.518. The topological polar surface area (TPSA) is 108 Å². The molecule has 0 bridgehead atoms. The van der Waals surface area contributed by atoms with Crippen LogP contribution in [0, 0.1) is 0 Å². The Morgan fingerprint density at radius 2 is 2.17 bits per heavy atom. The fourth-order valence-corrected chi connectivity index (χ4v) is 3.81. The van der Waals surface area contributed by atoms with Gasteiger partial charge in [-0.3, -0.25) is 4.79 Å². The maximum absolute atomic E-state index is 11.9. The Balaban J connectivity index is 1.61. The Hall–Kier alpha value is -3.10. The Bertz CT molecular complexity index is 1070. The Morgan fingerprint density at radius 1 is 1.30 bits per heavy atom. The molecule has 0 spiro atoms. The third-order valence-electron chi connectivity index (χ3n) is 5.10. The summed E-state index contributed by atoms with van der Waals surface area (Å²) in [6.45, 7) is 0.437. The predicted molar refractivity (Wildman–Crippen MR) is 113 cm³/mol. The molecule has 1 aliphatic heterocycles. The van der Waals surface area contributed by atoms with Crippen LogP contribution in [0.2, 0.25) is 5.02 Å². The molecule has 1 saturated heterocycles. The van der Waals surface area contributed by atoms with E-state index in [9.17, 15) is 15.0 Å². The highest BCUT2D eigenvalue weighted by Crippen LogP contribution is 2.34. The first-order valence-corrected chi connectivity index (χ1v) is 9.97. The zero-order chi connectivity index (χ0) is 21.1. The molecular formula is C21H21ClN4O4. The fourth-order valence-electron chi connectivity index (χ4n) is 3.63. The van der Waals surface area contributed by atoms with E-state index in [0.717, 1.165) is 12.8 Å². The summed E-state index contributed by atoms with van der Waals surface area (Å²) >= 11 is 6.01. The Labute approximate surface area is 178 Å². The van der Waals surface area contributed by atoms with E-state index >= 15 is 0 Å². The van der Waals surface area contributed by atoms with Crippen LogP contribution in [0.1, 0.15) is 12.8 Å². The highest BCUT2D eigenvalue weighted by Gasteiger charge is 2.29. The minimum Gasteiger partial charge on any atom is -0.506 e. The summed E-state index contributed by atoms with van der Waals surface area (Å²) in [5.41, 5.74) is 1.35. The molecule has 1 aromatic heterocycles. The average Bonchev–Trinajstić information content (AvgIpc) is 3.23. The van der Waals surface area contributed by atoms with Gasteiger partial charge in [-0.05, 0) is 43.2 Å². The van der Waals surface area contributed by atoms with E-state index in [1.807, 2.05) is 18.2 Å². The van der Waals surface area contributed by atoms with Crippen molar-refractivity contribution >= 4 is 39.9 Å². The van der Waals surface area contributed by atoms with Crippen LogP contribution in [-0.2, 0) is 4.79 Å². The zero-order valence-electron chi connectivity index (χ0n) is 16.1. The molecule has 0 radical (unpaired) electrons. The van der Waals surface area contributed by atoms with Gasteiger partial charge in [0.2, 0.25) is 5.91 Å². The molecule has 0 aliphatic carbocycles. The van der Waals surface area contributed by atoms with Crippen LogP contribution in [0.5, 0.6) is 11.5 Å². The first-order valence-electron chi connectivity index (χ1n) is 9.59. The van der Waals surface area contributed by atoms with Gasteiger partial charge in [0.15, 0.2) is 0 Å². The molecule has 30 heavy (non-hydrogen) atoms. The second-order valence-electron chi connectivity index (χ2n) is 7.02. The van der Waals surface area contributed by atoms with E-state index in [4.69, 9.17) is 16.3 Å². The van der Waals surface area contributed by atoms with Crippen LogP contribution in [0.15, 0.2) is 42.7 Å². The molecule has 0 unspecified atom stereocenters. The first-order chi connectivity index (χ1) is 14.6. The number of aliphatic hydroxyl groups is 1. The van der Waals surface area contributed by atoms with Crippen molar-refractivity contribution in [2.24, 2.45) is 0 Å². The molecule has 8 nitrogen and oxygen atoms in total. The number of hydrogen-bond acceptors (Lipinski definition) is 7. The molecule has 2 aromatic carbocycles. The highest BCUT2D eigenvalue weighted by molar-refractivity contribution is 6.32. The lowest BCUT2D eigenvalue weighted by atomic mass is 10.2. The van der Waals surface area contributed by atoms with Gasteiger partial charge < -0.3 is 25.2 Å². The van der Waals surface area contributed by atoms with E-state index in [-0.39, 0.29) is 22.7 Å². The number of amides is 1. The number of aliphatic hydroxyl groups excluding tert-OH is 1. The standard InChI is InChI=1S/C21H21ClN4O4/c22-15-9-13(6-7-17(15)28)25-21-20-16(23-12-24-21)4-1-5-18(20)30-11-14-3-2-8-26(14)19(29)10-27/h1,4-7,9,12,14,27-28H,2-3,8,10-11H2,(H,23,24,25)/t14-/m1/s1. The number of halogens is 1. The van der Waals surface area contributed by atoms with Crippen LogP contribution in [0.4, 0.5) is 11.5 Å². The van der Waals surface area contributed by atoms with E-state index in [0.29, 0.717) is 41.3 Å². The molecule has 1 fully saturated rings. The molecule has 2 heterocycles. The van der Waals surface area contributed by atoms with Crippen molar-refractivity contribution in [3.05, 3.63) is 47.7 Å². The van der Waals surface area contributed by atoms with Crippen molar-refractivity contribution in [1.82, 2.24) is 14.9 Å². The predicted octanol–water partition coefficient (Wildman–Crippen LogP) is 3.09. The number of phenols is 1. The largest absolute Gasteiger partial charge is 0.506 e. The van der Waals surface area contributed by atoms with Crippen molar-refractivity contribution in [3.63, 3.8) is 0 Å². The van der Waals surface area contributed by atoms with Gasteiger partial charge in [0, 0.05) is 12.2 Å². The number of nitrogens with one attached hydrogen (secondary N) is 1. The second kappa shape index (κ2) is 8.73. The number of anilines is 2. The molecule has 1 amide bonds. The van der Waals surface area contributed by atoms with Crippen molar-refractivity contribution in [2.45, 2.75) is 18.9 Å². The van der Waals surface area contributed by atoms with Gasteiger partial charge in [-0.15, -0.1) is 0 Å². The number of aromatic nitrogens is 2. The molecule has 3 N–H and O–H groups in total. The number of benzene rings is 2. The number of carbonyl (C=O) groups is 1. The van der Waals surface area contributed by atoms with E-state index in [1.165, 1.54) is 12.4 Å². The number of ether oxygens (including phenoxy) is 1. The van der Waals surface area contributed by atoms with Gasteiger partial charge in [-0.2, -0.15) is 0 Å². The van der Waals surface area contributed by atoms with E-state index in [2.05, 4.69) is 15.3 Å². The summed E-state index contributed by atoms with van der Waals surface area (Å²) in [6, 6.07) is 10.2. The maximum Gasteiger partial charge on any atom is 0.248 e. The van der Waals surface area contributed by atoms with Crippen molar-refractivity contribution in [1.29, 1.82) is 0 Å². The van der Waals surface area contributed by atoms with Gasteiger partial charge in [0.1, 0.15) is 36.9 Å². The lowest BCUT2D eigenvalue weighted by Crippen LogP contribution is -2.40. The van der Waals surface area contributed by atoms with Gasteiger partial charge in [0.05, 0.1) is 22.0 Å². The van der Waals surface area contributed by atoms with Crippen LogP contribution < -0.4 is 10.1 Å². The molecule has 9 heteroatoms. The third-order valence-corrected chi connectivity index (χ3v) is 5.40. The van der Waals surface area contributed by atoms with E-state index in [1.54, 1.807) is 17.0 Å². The van der Waals surface area contributed by atoms with Gasteiger partial charge >= 0.3 is 0 Å². The number of hydrogen-bond donors (Lipinski definition) is 3. The van der Waals surface area contributed by atoms with Crippen LogP contribution in [-0.4, -0.2) is 56.8 Å². The summed E-state index contributed by atoms with van der Waals surface area (Å²) in [4.78, 5) is 22.2. The smallest absolute Gasteiger partial charge is 0.248 e. The minimum absolute atomic E-state index is 0.00247. The van der Waals surface area contributed by atoms with Crippen molar-refractivity contribution < 1.29 is 19.7 Å². The fraction of sp³-hybridized carbons (Fsp3) is 0.286. The van der Waals surface area contributed by atoms with Gasteiger partial charge in [0.25, 0.3) is 0 Å². The summed E-state index contributed by atoms with van der Waals surface area (Å²) < 4.78 is 6.09. The zero-order valence-corrected chi connectivity index (χ0v) is 16.8. The summed E-state index contributed by atoms with van der Waals surface area (Å²) in [6.07, 6.45) is 3.16. The molecule has 0 saturated carbocycles. The number of rotatable bonds is 6. The monoisotopic (exact) mass is 428 g/mol. The van der Waals surface area contributed by atoms with Gasteiger partial charge in [-0.1, -0.05) is 17.7 Å². The summed E-state index contributed by atoms with van der Waals surface area (Å²) in [5.74, 6) is 0.835. The SMILES string of the molecule is O=C(CO)N1CCC[C@@H]1COc1cccc2ncnc(Nc3ccc(O)c(Cl)c3)c12. The molecule has 1 aliphatic rings. The molecular weight excluding hydrogens is 408 g/mol. The maximum atomic E-state index is 11.9. The molecule has 156 valence electrons. The number of phenolic OH excluding ortho intramolecular Hbond substituents is 1. The minimum atomic E-state index is -0.498. The third kappa shape index (κ3) is 4.10. The normalized spacial score (nSPS) is 16.1. The summed E-state index contributed by atoms with van der Waals surface area (Å²) in [7, 11) is 0. The molecule has 1 atom stereocenters. The number of likely N-dealkylation sites (tertiary alicyclic amines) is 1. The van der Waals surface area contributed by atoms with Gasteiger partial charge in [-0.25, -0.2) is 9.97 Å². The lowest BCUT2D eigenvalue weighted by molar-refractivity contribution is -0.135. The molecule has 3 aromatic rings. The number of fused-ring (bicyclic) bond motifs is 1. The van der Waals surface area contributed by atoms with E-state index < -0.39 is 6.61 Å². The number of nitrogens with zero attached hydrogens (tertiary/aromatic N) is 3. The number of aromatic hydroxyl groups is 1. The summed E-state index contributed by atoms with van der Waals surface area (Å²) in [5, 5.41) is 22.9. The van der Waals surface area contributed by atoms with Crippen LogP contribution in [0.3, 0.4) is 0 Å². The van der Waals surface area contributed by atoms with Crippen LogP contribution >= 0.6 is 11.6 Å². The first kappa shape index (κ1) is 20.2. The second-order valence-corrected chi connectivity index (χ2v) is 7.42.